The predicted molar refractivity (Wildman–Crippen MR) is 59.9 cm³/mol. The summed E-state index contributed by atoms with van der Waals surface area (Å²) in [6.07, 6.45) is 2.40. The number of nitrogens with one attached hydrogen (secondary N) is 1. The predicted octanol–water partition coefficient (Wildman–Crippen LogP) is 1.57. The fourth-order valence-electron chi connectivity index (χ4n) is 0.872. The van der Waals surface area contributed by atoms with Crippen molar-refractivity contribution in [2.24, 2.45) is 5.92 Å². The molecule has 0 fully saturated rings. The molecule has 0 aliphatic carbocycles. The van der Waals surface area contributed by atoms with Crippen molar-refractivity contribution in [2.75, 3.05) is 18.1 Å². The van der Waals surface area contributed by atoms with E-state index < -0.39 is 5.92 Å². The van der Waals surface area contributed by atoms with Crippen molar-refractivity contribution in [1.82, 2.24) is 5.32 Å². The molecule has 0 spiro atoms. The number of hydrogen-bond donors (Lipinski definition) is 1. The highest BCUT2D eigenvalue weighted by Gasteiger charge is 2.13. The molecule has 4 heteroatoms. The minimum absolute atomic E-state index is 0.158. The zero-order valence-electron chi connectivity index (χ0n) is 8.45. The Bertz CT molecular complexity index is 223. The third-order valence-corrected chi connectivity index (χ3v) is 2.63. The van der Waals surface area contributed by atoms with Gasteiger partial charge in [0.25, 0.3) is 0 Å². The average Bonchev–Trinajstić information content (AvgIpc) is 2.19. The topological polar surface area (TPSA) is 52.9 Å². The van der Waals surface area contributed by atoms with E-state index >= 15 is 0 Å². The fourth-order valence-corrected chi connectivity index (χ4v) is 1.45. The van der Waals surface area contributed by atoms with Crippen LogP contribution in [-0.2, 0) is 4.79 Å². The van der Waals surface area contributed by atoms with Gasteiger partial charge in [0, 0.05) is 18.1 Å². The maximum atomic E-state index is 11.3. The van der Waals surface area contributed by atoms with Crippen molar-refractivity contribution in [2.45, 2.75) is 13.3 Å². The van der Waals surface area contributed by atoms with Gasteiger partial charge in [0.2, 0.25) is 5.91 Å². The maximum absolute atomic E-state index is 11.3. The minimum atomic E-state index is -0.501. The first-order valence-corrected chi connectivity index (χ1v) is 5.77. The summed E-state index contributed by atoms with van der Waals surface area (Å²) in [6, 6.07) is 1.97. The van der Waals surface area contributed by atoms with E-state index in [1.165, 1.54) is 0 Å². The van der Waals surface area contributed by atoms with Crippen LogP contribution in [0.15, 0.2) is 12.7 Å². The monoisotopic (exact) mass is 212 g/mol. The lowest BCUT2D eigenvalue weighted by Crippen LogP contribution is -2.31. The van der Waals surface area contributed by atoms with Crippen LogP contribution in [-0.4, -0.2) is 24.0 Å². The molecule has 0 saturated carbocycles. The van der Waals surface area contributed by atoms with E-state index in [4.69, 9.17) is 5.26 Å². The molecular formula is C10H16N2OS. The van der Waals surface area contributed by atoms with Crippen LogP contribution in [0.1, 0.15) is 13.3 Å². The first kappa shape index (κ1) is 13.1. The number of rotatable bonds is 7. The van der Waals surface area contributed by atoms with E-state index in [1.54, 1.807) is 11.8 Å². The Morgan fingerprint density at radius 2 is 2.50 bits per heavy atom. The lowest BCUT2D eigenvalue weighted by atomic mass is 10.1. The van der Waals surface area contributed by atoms with Crippen molar-refractivity contribution in [3.05, 3.63) is 12.7 Å². The van der Waals surface area contributed by atoms with Gasteiger partial charge >= 0.3 is 0 Å². The molecule has 0 aliphatic rings. The summed E-state index contributed by atoms with van der Waals surface area (Å²) >= 11 is 1.71. The van der Waals surface area contributed by atoms with Gasteiger partial charge in [0.1, 0.15) is 5.92 Å². The molecule has 1 N–H and O–H groups in total. The first-order chi connectivity index (χ1) is 6.76. The zero-order valence-corrected chi connectivity index (χ0v) is 9.27. The van der Waals surface area contributed by atoms with Gasteiger partial charge in [-0.15, -0.1) is 6.58 Å². The second kappa shape index (κ2) is 8.64. The summed E-state index contributed by atoms with van der Waals surface area (Å²) in [6.45, 7) is 6.05. The molecule has 3 nitrogen and oxygen atoms in total. The molecule has 0 bridgehead atoms. The largest absolute Gasteiger partial charge is 0.354 e. The quantitative estimate of drug-likeness (QED) is 0.515. The smallest absolute Gasteiger partial charge is 0.237 e. The summed E-state index contributed by atoms with van der Waals surface area (Å²) in [5, 5.41) is 11.3. The first-order valence-electron chi connectivity index (χ1n) is 4.62. The Balaban J connectivity index is 3.53. The second-order valence-electron chi connectivity index (χ2n) is 2.74. The van der Waals surface area contributed by atoms with Crippen molar-refractivity contribution in [3.8, 4) is 6.07 Å². The third kappa shape index (κ3) is 5.65. The molecule has 14 heavy (non-hydrogen) atoms. The zero-order chi connectivity index (χ0) is 10.8. The molecular weight excluding hydrogens is 196 g/mol. The van der Waals surface area contributed by atoms with E-state index in [2.05, 4.69) is 11.9 Å². The number of nitriles is 1. The Kier molecular flexibility index (Phi) is 8.05. The summed E-state index contributed by atoms with van der Waals surface area (Å²) < 4.78 is 0. The molecule has 1 unspecified atom stereocenters. The average molecular weight is 212 g/mol. The molecule has 78 valence electrons. The summed E-state index contributed by atoms with van der Waals surface area (Å²) in [4.78, 5) is 11.3. The highest BCUT2D eigenvalue weighted by molar-refractivity contribution is 7.99. The minimum Gasteiger partial charge on any atom is -0.354 e. The number of hydrogen-bond acceptors (Lipinski definition) is 3. The Morgan fingerprint density at radius 3 is 3.00 bits per heavy atom. The number of amides is 1. The van der Waals surface area contributed by atoms with E-state index in [0.29, 0.717) is 13.0 Å². The number of carbonyl (C=O) groups is 1. The lowest BCUT2D eigenvalue weighted by Gasteiger charge is -2.07. The molecule has 1 amide bonds. The normalized spacial score (nSPS) is 11.4. The van der Waals surface area contributed by atoms with Crippen LogP contribution in [0.25, 0.3) is 0 Å². The molecule has 0 saturated heterocycles. The highest BCUT2D eigenvalue weighted by Crippen LogP contribution is 2.01. The van der Waals surface area contributed by atoms with Crippen LogP contribution in [0.4, 0.5) is 0 Å². The van der Waals surface area contributed by atoms with E-state index in [1.807, 2.05) is 19.1 Å². The molecule has 0 heterocycles. The van der Waals surface area contributed by atoms with E-state index in [0.717, 1.165) is 11.5 Å². The SMILES string of the molecule is C=CCSCCNC(=O)C(C#N)CC. The van der Waals surface area contributed by atoms with Crippen molar-refractivity contribution >= 4 is 17.7 Å². The standard InChI is InChI=1S/C10H16N2OS/c1-3-6-14-7-5-12-10(13)9(4-2)8-11/h3,9H,1,4-7H2,2H3,(H,12,13). The van der Waals surface area contributed by atoms with Crippen LogP contribution >= 0.6 is 11.8 Å². The number of thioether (sulfide) groups is 1. The van der Waals surface area contributed by atoms with E-state index in [9.17, 15) is 4.79 Å². The molecule has 0 aliphatic heterocycles. The van der Waals surface area contributed by atoms with Crippen LogP contribution in [0.3, 0.4) is 0 Å². The molecule has 0 aromatic carbocycles. The highest BCUT2D eigenvalue weighted by atomic mass is 32.2. The summed E-state index contributed by atoms with van der Waals surface area (Å²) in [7, 11) is 0. The van der Waals surface area contributed by atoms with Crippen molar-refractivity contribution in [3.63, 3.8) is 0 Å². The van der Waals surface area contributed by atoms with Crippen LogP contribution in [0, 0.1) is 17.2 Å². The van der Waals surface area contributed by atoms with Gasteiger partial charge < -0.3 is 5.32 Å². The lowest BCUT2D eigenvalue weighted by molar-refractivity contribution is -0.123. The summed E-state index contributed by atoms with van der Waals surface area (Å²) in [5.74, 6) is 1.10. The van der Waals surface area contributed by atoms with Gasteiger partial charge in [-0.3, -0.25) is 4.79 Å². The maximum Gasteiger partial charge on any atom is 0.237 e. The van der Waals surface area contributed by atoms with Gasteiger partial charge in [-0.2, -0.15) is 17.0 Å². The third-order valence-electron chi connectivity index (χ3n) is 1.66. The van der Waals surface area contributed by atoms with Gasteiger partial charge in [0.15, 0.2) is 0 Å². The number of nitrogens with zero attached hydrogens (tertiary/aromatic N) is 1. The number of carbonyl (C=O) groups excluding carboxylic acids is 1. The van der Waals surface area contributed by atoms with Gasteiger partial charge in [-0.1, -0.05) is 13.0 Å². The molecule has 1 atom stereocenters. The Labute approximate surface area is 89.6 Å². The second-order valence-corrected chi connectivity index (χ2v) is 3.89. The van der Waals surface area contributed by atoms with Gasteiger partial charge in [-0.25, -0.2) is 0 Å². The Morgan fingerprint density at radius 1 is 1.79 bits per heavy atom. The summed E-state index contributed by atoms with van der Waals surface area (Å²) in [5.41, 5.74) is 0. The molecule has 0 aromatic heterocycles. The van der Waals surface area contributed by atoms with Crippen LogP contribution < -0.4 is 5.32 Å². The van der Waals surface area contributed by atoms with E-state index in [-0.39, 0.29) is 5.91 Å². The van der Waals surface area contributed by atoms with Crippen LogP contribution in [0.2, 0.25) is 0 Å². The van der Waals surface area contributed by atoms with Crippen LogP contribution in [0.5, 0.6) is 0 Å². The Hall–Kier alpha value is -0.950. The van der Waals surface area contributed by atoms with Gasteiger partial charge in [-0.05, 0) is 6.42 Å². The fraction of sp³-hybridized carbons (Fsp3) is 0.600. The molecule has 0 rings (SSSR count). The van der Waals surface area contributed by atoms with Crippen molar-refractivity contribution < 1.29 is 4.79 Å². The molecule has 0 radical (unpaired) electrons. The van der Waals surface area contributed by atoms with Crippen molar-refractivity contribution in [1.29, 1.82) is 5.26 Å². The van der Waals surface area contributed by atoms with Gasteiger partial charge in [0.05, 0.1) is 6.07 Å². The molecule has 0 aromatic rings.